The third kappa shape index (κ3) is 3.63. The van der Waals surface area contributed by atoms with Crippen molar-refractivity contribution in [3.05, 3.63) is 33.9 Å². The van der Waals surface area contributed by atoms with Gasteiger partial charge in [0.25, 0.3) is 12.1 Å². The summed E-state index contributed by atoms with van der Waals surface area (Å²) in [6.07, 6.45) is -0.769. The van der Waals surface area contributed by atoms with Crippen molar-refractivity contribution in [3.8, 4) is 5.75 Å². The van der Waals surface area contributed by atoms with Crippen LogP contribution in [0.5, 0.6) is 5.75 Å². The normalized spacial score (nSPS) is 19.1. The molecular formula is C13H16F2N2O3. The first-order chi connectivity index (χ1) is 9.58. The van der Waals surface area contributed by atoms with Crippen LogP contribution in [-0.2, 0) is 0 Å². The number of rotatable bonds is 5. The molecule has 0 spiro atoms. The molecule has 1 aliphatic rings. The maximum absolute atomic E-state index is 12.9. The van der Waals surface area contributed by atoms with Gasteiger partial charge in [0.1, 0.15) is 5.75 Å². The smallest absolute Gasteiger partial charge is 0.270 e. The van der Waals surface area contributed by atoms with Gasteiger partial charge < -0.3 is 10.1 Å². The molecule has 1 aliphatic heterocycles. The second-order valence-corrected chi connectivity index (χ2v) is 4.80. The third-order valence-corrected chi connectivity index (χ3v) is 3.31. The van der Waals surface area contributed by atoms with Crippen LogP contribution in [0.1, 0.15) is 24.8 Å². The molecule has 7 heteroatoms. The molecule has 0 bridgehead atoms. The number of nitrogens with zero attached hydrogens (tertiary/aromatic N) is 1. The highest BCUT2D eigenvalue weighted by Gasteiger charge is 2.20. The quantitative estimate of drug-likeness (QED) is 0.667. The Morgan fingerprint density at radius 2 is 2.30 bits per heavy atom. The first-order valence-electron chi connectivity index (χ1n) is 6.48. The topological polar surface area (TPSA) is 64.4 Å². The Hall–Kier alpha value is -1.76. The highest BCUT2D eigenvalue weighted by atomic mass is 19.3. The Morgan fingerprint density at radius 1 is 1.50 bits per heavy atom. The second-order valence-electron chi connectivity index (χ2n) is 4.80. The van der Waals surface area contributed by atoms with E-state index in [1.165, 1.54) is 12.1 Å². The lowest BCUT2D eigenvalue weighted by Crippen LogP contribution is -2.33. The van der Waals surface area contributed by atoms with Gasteiger partial charge in [-0.1, -0.05) is 0 Å². The predicted molar refractivity (Wildman–Crippen MR) is 69.1 cm³/mol. The molecule has 2 rings (SSSR count). The minimum Gasteiger partial charge on any atom is -0.493 e. The van der Waals surface area contributed by atoms with Crippen molar-refractivity contribution in [2.24, 2.45) is 5.92 Å². The molecule has 1 saturated heterocycles. The number of benzene rings is 1. The summed E-state index contributed by atoms with van der Waals surface area (Å²) in [5.74, 6) is 0.306. The average molecular weight is 286 g/mol. The number of non-ortho nitro benzene ring substituents is 1. The maximum atomic E-state index is 12.9. The fourth-order valence-electron chi connectivity index (χ4n) is 2.23. The van der Waals surface area contributed by atoms with E-state index in [0.717, 1.165) is 32.0 Å². The van der Waals surface area contributed by atoms with Gasteiger partial charge in [0, 0.05) is 24.6 Å². The molecule has 1 fully saturated rings. The van der Waals surface area contributed by atoms with Gasteiger partial charge in [-0.25, -0.2) is 8.78 Å². The van der Waals surface area contributed by atoms with Crippen molar-refractivity contribution < 1.29 is 18.4 Å². The number of halogens is 2. The highest BCUT2D eigenvalue weighted by molar-refractivity contribution is 5.44. The minimum absolute atomic E-state index is 0.0242. The number of nitro groups is 1. The molecule has 1 atom stereocenters. The van der Waals surface area contributed by atoms with Crippen LogP contribution in [-0.4, -0.2) is 24.6 Å². The van der Waals surface area contributed by atoms with Crippen LogP contribution in [0.4, 0.5) is 14.5 Å². The van der Waals surface area contributed by atoms with E-state index >= 15 is 0 Å². The van der Waals surface area contributed by atoms with Gasteiger partial charge in [-0.15, -0.1) is 0 Å². The van der Waals surface area contributed by atoms with E-state index in [4.69, 9.17) is 4.74 Å². The zero-order chi connectivity index (χ0) is 14.5. The summed E-state index contributed by atoms with van der Waals surface area (Å²) in [5, 5.41) is 13.8. The standard InChI is InChI=1S/C13H16F2N2O3/c14-13(15)11-6-10(17(18)19)3-4-12(11)20-8-9-2-1-5-16-7-9/h3-4,6,9,13,16H,1-2,5,7-8H2. The van der Waals surface area contributed by atoms with Crippen molar-refractivity contribution in [2.45, 2.75) is 19.3 Å². The molecule has 1 aromatic rings. The highest BCUT2D eigenvalue weighted by Crippen LogP contribution is 2.32. The van der Waals surface area contributed by atoms with Crippen molar-refractivity contribution in [1.82, 2.24) is 5.32 Å². The number of nitrogens with one attached hydrogen (secondary N) is 1. The van der Waals surface area contributed by atoms with Gasteiger partial charge in [-0.2, -0.15) is 0 Å². The number of alkyl halides is 2. The molecule has 20 heavy (non-hydrogen) atoms. The molecule has 0 amide bonds. The van der Waals surface area contributed by atoms with Crippen LogP contribution in [0.25, 0.3) is 0 Å². The SMILES string of the molecule is O=[N+]([O-])c1ccc(OCC2CCCNC2)c(C(F)F)c1. The van der Waals surface area contributed by atoms with Crippen LogP contribution >= 0.6 is 0 Å². The van der Waals surface area contributed by atoms with E-state index in [1.807, 2.05) is 0 Å². The van der Waals surface area contributed by atoms with Crippen LogP contribution in [0.3, 0.4) is 0 Å². The zero-order valence-electron chi connectivity index (χ0n) is 10.9. The zero-order valence-corrected chi connectivity index (χ0v) is 10.9. The molecule has 0 saturated carbocycles. The summed E-state index contributed by atoms with van der Waals surface area (Å²) in [6, 6.07) is 3.30. The molecule has 1 heterocycles. The van der Waals surface area contributed by atoms with Crippen molar-refractivity contribution in [3.63, 3.8) is 0 Å². The second kappa shape index (κ2) is 6.60. The van der Waals surface area contributed by atoms with Crippen LogP contribution in [0.2, 0.25) is 0 Å². The molecule has 1 unspecified atom stereocenters. The van der Waals surface area contributed by atoms with Gasteiger partial charge in [0.05, 0.1) is 17.1 Å². The summed E-state index contributed by atoms with van der Waals surface area (Å²) >= 11 is 0. The van der Waals surface area contributed by atoms with Gasteiger partial charge in [0.2, 0.25) is 0 Å². The number of ether oxygens (including phenoxy) is 1. The van der Waals surface area contributed by atoms with E-state index < -0.39 is 16.9 Å². The van der Waals surface area contributed by atoms with E-state index in [0.29, 0.717) is 6.61 Å². The van der Waals surface area contributed by atoms with Crippen molar-refractivity contribution in [2.75, 3.05) is 19.7 Å². The van der Waals surface area contributed by atoms with E-state index in [2.05, 4.69) is 5.32 Å². The Balaban J connectivity index is 2.07. The summed E-state index contributed by atoms with van der Waals surface area (Å²) < 4.78 is 31.3. The summed E-state index contributed by atoms with van der Waals surface area (Å²) in [7, 11) is 0. The van der Waals surface area contributed by atoms with E-state index in [1.54, 1.807) is 0 Å². The van der Waals surface area contributed by atoms with Crippen LogP contribution in [0.15, 0.2) is 18.2 Å². The molecule has 1 aromatic carbocycles. The monoisotopic (exact) mass is 286 g/mol. The third-order valence-electron chi connectivity index (χ3n) is 3.31. The maximum Gasteiger partial charge on any atom is 0.270 e. The Kier molecular flexibility index (Phi) is 4.84. The average Bonchev–Trinajstić information content (AvgIpc) is 2.45. The largest absolute Gasteiger partial charge is 0.493 e. The molecule has 0 aliphatic carbocycles. The van der Waals surface area contributed by atoms with Gasteiger partial charge in [-0.3, -0.25) is 10.1 Å². The number of piperidine rings is 1. The van der Waals surface area contributed by atoms with E-state index in [9.17, 15) is 18.9 Å². The lowest BCUT2D eigenvalue weighted by molar-refractivity contribution is -0.385. The molecule has 5 nitrogen and oxygen atoms in total. The molecule has 110 valence electrons. The molecule has 1 N–H and O–H groups in total. The first-order valence-corrected chi connectivity index (χ1v) is 6.48. The molecule has 0 radical (unpaired) electrons. The number of nitro benzene ring substituents is 1. The van der Waals surface area contributed by atoms with Crippen molar-refractivity contribution >= 4 is 5.69 Å². The fraction of sp³-hybridized carbons (Fsp3) is 0.538. The Bertz CT molecular complexity index is 477. The van der Waals surface area contributed by atoms with Gasteiger partial charge >= 0.3 is 0 Å². The fourth-order valence-corrected chi connectivity index (χ4v) is 2.23. The van der Waals surface area contributed by atoms with Crippen LogP contribution < -0.4 is 10.1 Å². The van der Waals surface area contributed by atoms with Gasteiger partial charge in [0.15, 0.2) is 0 Å². The minimum atomic E-state index is -2.80. The molecular weight excluding hydrogens is 270 g/mol. The summed E-state index contributed by atoms with van der Waals surface area (Å²) in [6.45, 7) is 2.11. The Labute approximate surface area is 115 Å². The number of hydrogen-bond donors (Lipinski definition) is 1. The lowest BCUT2D eigenvalue weighted by Gasteiger charge is -2.23. The van der Waals surface area contributed by atoms with Crippen molar-refractivity contribution in [1.29, 1.82) is 0 Å². The van der Waals surface area contributed by atoms with Crippen LogP contribution in [0, 0.1) is 16.0 Å². The summed E-state index contributed by atoms with van der Waals surface area (Å²) in [4.78, 5) is 9.91. The first kappa shape index (κ1) is 14.6. The van der Waals surface area contributed by atoms with E-state index in [-0.39, 0.29) is 17.4 Å². The van der Waals surface area contributed by atoms with Gasteiger partial charge in [-0.05, 0) is 25.5 Å². The Morgan fingerprint density at radius 3 is 2.90 bits per heavy atom. The number of hydrogen-bond acceptors (Lipinski definition) is 4. The summed E-state index contributed by atoms with van der Waals surface area (Å²) in [5.41, 5.74) is -0.782. The predicted octanol–water partition coefficient (Wildman–Crippen LogP) is 2.91. The molecule has 0 aromatic heterocycles. The lowest BCUT2D eigenvalue weighted by atomic mass is 10.0.